The second-order valence-electron chi connectivity index (χ2n) is 9.53. The number of aromatic nitrogens is 2. The van der Waals surface area contributed by atoms with Crippen molar-refractivity contribution in [1.29, 1.82) is 0 Å². The van der Waals surface area contributed by atoms with Gasteiger partial charge in [0.05, 0.1) is 18.7 Å². The third kappa shape index (κ3) is 2.95. The van der Waals surface area contributed by atoms with Gasteiger partial charge in [0.15, 0.2) is 0 Å². The third-order valence-corrected chi connectivity index (χ3v) is 7.64. The van der Waals surface area contributed by atoms with E-state index in [0.29, 0.717) is 6.54 Å². The molecule has 0 bridgehead atoms. The smallest absolute Gasteiger partial charge is 0.277 e. The maximum absolute atomic E-state index is 14.3. The van der Waals surface area contributed by atoms with Gasteiger partial charge in [0.1, 0.15) is 12.2 Å². The van der Waals surface area contributed by atoms with Crippen LogP contribution in [0.2, 0.25) is 0 Å². The molecule has 158 valence electrons. The summed E-state index contributed by atoms with van der Waals surface area (Å²) < 4.78 is 4.45. The molecular weight excluding hydrogens is 382 g/mol. The molecular formula is C27H30N3O+. The van der Waals surface area contributed by atoms with Gasteiger partial charge in [-0.3, -0.25) is 10.1 Å². The Morgan fingerprint density at radius 2 is 1.71 bits per heavy atom. The zero-order chi connectivity index (χ0) is 20.8. The first-order valence-corrected chi connectivity index (χ1v) is 11.8. The number of hydrogen-bond donors (Lipinski definition) is 1. The SMILES string of the molecule is O=c1c2c([n+]3c(n1Cc1ccccc1)NCCC3)-c1ccccc1CC21CCCCC1. The van der Waals surface area contributed by atoms with Crippen LogP contribution in [0.1, 0.15) is 55.2 Å². The van der Waals surface area contributed by atoms with E-state index in [1.54, 1.807) is 0 Å². The van der Waals surface area contributed by atoms with Crippen molar-refractivity contribution in [2.45, 2.75) is 63.5 Å². The maximum atomic E-state index is 14.3. The number of rotatable bonds is 2. The Balaban J connectivity index is 1.66. The number of nitrogens with zero attached hydrogens (tertiary/aromatic N) is 2. The van der Waals surface area contributed by atoms with Crippen LogP contribution >= 0.6 is 0 Å². The number of hydrogen-bond acceptors (Lipinski definition) is 2. The van der Waals surface area contributed by atoms with E-state index in [0.717, 1.165) is 50.3 Å². The van der Waals surface area contributed by atoms with E-state index in [1.165, 1.54) is 41.6 Å². The van der Waals surface area contributed by atoms with Gasteiger partial charge in [0.25, 0.3) is 0 Å². The molecule has 2 aromatic carbocycles. The van der Waals surface area contributed by atoms with Crippen LogP contribution in [0.3, 0.4) is 0 Å². The summed E-state index contributed by atoms with van der Waals surface area (Å²) in [6, 6.07) is 19.2. The fourth-order valence-electron chi connectivity index (χ4n) is 6.25. The number of nitrogens with one attached hydrogen (secondary N) is 1. The van der Waals surface area contributed by atoms with Crippen LogP contribution in [0, 0.1) is 0 Å². The van der Waals surface area contributed by atoms with Gasteiger partial charge in [-0.15, -0.1) is 0 Å². The number of benzene rings is 2. The Morgan fingerprint density at radius 3 is 2.55 bits per heavy atom. The molecule has 1 spiro atoms. The van der Waals surface area contributed by atoms with Crippen molar-refractivity contribution in [2.75, 3.05) is 11.9 Å². The summed E-state index contributed by atoms with van der Waals surface area (Å²) in [7, 11) is 0. The third-order valence-electron chi connectivity index (χ3n) is 7.64. The predicted octanol–water partition coefficient (Wildman–Crippen LogP) is 4.42. The lowest BCUT2D eigenvalue weighted by Crippen LogP contribution is -2.55. The molecule has 1 saturated carbocycles. The van der Waals surface area contributed by atoms with E-state index >= 15 is 0 Å². The number of anilines is 1. The zero-order valence-electron chi connectivity index (χ0n) is 18.1. The van der Waals surface area contributed by atoms with E-state index in [1.807, 2.05) is 10.6 Å². The van der Waals surface area contributed by atoms with E-state index in [4.69, 9.17) is 0 Å². The summed E-state index contributed by atoms with van der Waals surface area (Å²) in [5.41, 5.74) is 6.34. The van der Waals surface area contributed by atoms with Gasteiger partial charge >= 0.3 is 11.5 Å². The molecule has 0 saturated heterocycles. The fraction of sp³-hybridized carbons (Fsp3) is 0.407. The fourth-order valence-corrected chi connectivity index (χ4v) is 6.25. The molecule has 0 unspecified atom stereocenters. The summed E-state index contributed by atoms with van der Waals surface area (Å²) >= 11 is 0. The van der Waals surface area contributed by atoms with Crippen LogP contribution in [0.4, 0.5) is 5.95 Å². The molecule has 2 aliphatic carbocycles. The minimum absolute atomic E-state index is 0.0169. The highest BCUT2D eigenvalue weighted by Crippen LogP contribution is 2.48. The normalized spacial score (nSPS) is 18.6. The van der Waals surface area contributed by atoms with Crippen LogP contribution in [-0.4, -0.2) is 11.1 Å². The minimum Gasteiger partial charge on any atom is -0.277 e. The van der Waals surface area contributed by atoms with Crippen molar-refractivity contribution >= 4 is 5.95 Å². The standard InChI is InChI=1S/C27H29N3O/c31-25-23-24(22-13-6-5-12-21(22)18-27(23)14-7-2-8-15-27)29-17-9-16-28-26(29)30(25)19-20-10-3-1-4-11-20/h1,3-6,10-13H,2,7-9,14-19H2/p+1. The molecule has 1 N–H and O–H groups in total. The van der Waals surface area contributed by atoms with Crippen LogP contribution < -0.4 is 15.4 Å². The van der Waals surface area contributed by atoms with Gasteiger partial charge in [0.2, 0.25) is 0 Å². The molecule has 3 aromatic rings. The first-order chi connectivity index (χ1) is 15.3. The molecule has 0 amide bonds. The molecule has 4 heteroatoms. The summed E-state index contributed by atoms with van der Waals surface area (Å²) in [5.74, 6) is 0.974. The van der Waals surface area contributed by atoms with Gasteiger partial charge in [-0.1, -0.05) is 73.9 Å². The van der Waals surface area contributed by atoms with Crippen molar-refractivity contribution in [3.05, 3.63) is 81.6 Å². The van der Waals surface area contributed by atoms with Crippen molar-refractivity contribution in [1.82, 2.24) is 4.57 Å². The molecule has 31 heavy (non-hydrogen) atoms. The van der Waals surface area contributed by atoms with Crippen LogP contribution in [0.15, 0.2) is 59.4 Å². The Bertz CT molecular complexity index is 1190. The van der Waals surface area contributed by atoms with E-state index in [2.05, 4.69) is 58.4 Å². The average molecular weight is 413 g/mol. The summed E-state index contributed by atoms with van der Waals surface area (Å²) in [6.45, 7) is 2.50. The summed E-state index contributed by atoms with van der Waals surface area (Å²) in [5, 5.41) is 3.59. The first kappa shape index (κ1) is 18.9. The number of fused-ring (bicyclic) bond motifs is 6. The average Bonchev–Trinajstić information content (AvgIpc) is 2.82. The molecule has 6 rings (SSSR count). The van der Waals surface area contributed by atoms with Gasteiger partial charge < -0.3 is 0 Å². The first-order valence-electron chi connectivity index (χ1n) is 11.8. The van der Waals surface area contributed by atoms with Crippen LogP contribution in [0.25, 0.3) is 11.3 Å². The Kier molecular flexibility index (Phi) is 4.48. The largest absolute Gasteiger partial charge is 0.361 e. The summed E-state index contributed by atoms with van der Waals surface area (Å²) in [4.78, 5) is 14.3. The lowest BCUT2D eigenvalue weighted by Gasteiger charge is -2.42. The molecule has 2 heterocycles. The maximum Gasteiger partial charge on any atom is 0.361 e. The van der Waals surface area contributed by atoms with Gasteiger partial charge in [0, 0.05) is 17.4 Å². The molecule has 1 aliphatic heterocycles. The van der Waals surface area contributed by atoms with Gasteiger partial charge in [-0.05, 0) is 30.4 Å². The zero-order valence-corrected chi connectivity index (χ0v) is 18.1. The van der Waals surface area contributed by atoms with Crippen LogP contribution in [0.5, 0.6) is 0 Å². The molecule has 3 aliphatic rings. The van der Waals surface area contributed by atoms with Crippen molar-refractivity contribution in [3.8, 4) is 11.3 Å². The lowest BCUT2D eigenvalue weighted by molar-refractivity contribution is -0.680. The highest BCUT2D eigenvalue weighted by atomic mass is 16.1. The van der Waals surface area contributed by atoms with E-state index in [-0.39, 0.29) is 11.0 Å². The van der Waals surface area contributed by atoms with Crippen LogP contribution in [-0.2, 0) is 24.9 Å². The van der Waals surface area contributed by atoms with E-state index < -0.39 is 0 Å². The van der Waals surface area contributed by atoms with E-state index in [9.17, 15) is 4.79 Å². The highest BCUT2D eigenvalue weighted by molar-refractivity contribution is 5.70. The monoisotopic (exact) mass is 412 g/mol. The molecule has 0 radical (unpaired) electrons. The Labute approximate surface area is 183 Å². The topological polar surface area (TPSA) is 37.9 Å². The molecule has 4 nitrogen and oxygen atoms in total. The highest BCUT2D eigenvalue weighted by Gasteiger charge is 2.46. The van der Waals surface area contributed by atoms with Crippen molar-refractivity contribution in [3.63, 3.8) is 0 Å². The van der Waals surface area contributed by atoms with Gasteiger partial charge in [-0.25, -0.2) is 4.57 Å². The summed E-state index contributed by atoms with van der Waals surface area (Å²) in [6.07, 6.45) is 8.08. The molecule has 1 fully saturated rings. The molecule has 0 atom stereocenters. The Hall–Kier alpha value is -2.88. The molecule has 1 aromatic heterocycles. The van der Waals surface area contributed by atoms with Crippen molar-refractivity contribution < 1.29 is 4.57 Å². The van der Waals surface area contributed by atoms with Crippen molar-refractivity contribution in [2.24, 2.45) is 0 Å². The van der Waals surface area contributed by atoms with Gasteiger partial charge in [-0.2, -0.15) is 4.57 Å². The lowest BCUT2D eigenvalue weighted by atomic mass is 9.62. The quantitative estimate of drug-likeness (QED) is 0.633. The second kappa shape index (κ2) is 7.37. The second-order valence-corrected chi connectivity index (χ2v) is 9.53. The predicted molar refractivity (Wildman–Crippen MR) is 123 cm³/mol. The Morgan fingerprint density at radius 1 is 0.935 bits per heavy atom. The minimum atomic E-state index is -0.0169.